The maximum atomic E-state index is 4.99. The zero-order chi connectivity index (χ0) is 19.1. The van der Waals surface area contributed by atoms with Gasteiger partial charge in [0.25, 0.3) is 0 Å². The number of benzene rings is 2. The van der Waals surface area contributed by atoms with Gasteiger partial charge in [0, 0.05) is 18.3 Å². The number of nitrogens with zero attached hydrogens (tertiary/aromatic N) is 1. The van der Waals surface area contributed by atoms with Gasteiger partial charge in [-0.15, -0.1) is 0 Å². The van der Waals surface area contributed by atoms with E-state index in [0.29, 0.717) is 18.1 Å². The summed E-state index contributed by atoms with van der Waals surface area (Å²) in [5.74, 6) is 0. The molecule has 0 bridgehead atoms. The molecule has 0 saturated heterocycles. The molecule has 1 aliphatic carbocycles. The van der Waals surface area contributed by atoms with Crippen LogP contribution in [0.1, 0.15) is 70.0 Å². The van der Waals surface area contributed by atoms with Crippen molar-refractivity contribution in [2.45, 2.75) is 71.0 Å². The Labute approximate surface area is 165 Å². The molecule has 1 N–H and O–H groups in total. The molecule has 0 aromatic heterocycles. The van der Waals surface area contributed by atoms with E-state index >= 15 is 0 Å². The van der Waals surface area contributed by atoms with Gasteiger partial charge in [0.15, 0.2) is 0 Å². The molecule has 2 aromatic rings. The van der Waals surface area contributed by atoms with Gasteiger partial charge in [-0.25, -0.2) is 0 Å². The van der Waals surface area contributed by atoms with E-state index in [1.54, 1.807) is 0 Å². The Morgan fingerprint density at radius 3 is 2.26 bits per heavy atom. The van der Waals surface area contributed by atoms with Crippen LogP contribution in [0.2, 0.25) is 0 Å². The van der Waals surface area contributed by atoms with Crippen LogP contribution in [0.5, 0.6) is 0 Å². The lowest BCUT2D eigenvalue weighted by Gasteiger charge is -2.35. The fourth-order valence-electron chi connectivity index (χ4n) is 4.03. The fraction of sp³-hybridized carbons (Fsp3) is 0.480. The first-order valence-corrected chi connectivity index (χ1v) is 10.4. The maximum absolute atomic E-state index is 4.99. The normalized spacial score (nSPS) is 22.0. The standard InChI is InChI=1S/C25H34N2/c1-25(2,3)18-24(21-14-8-5-9-15-21)27-23-17-11-10-16-22(23)26-19-20-12-6-4-7-13-20/h4-9,12-15,19,22-24,27H,10-11,16-18H2,1-3H3/t22-,23-,24-/m0/s1. The van der Waals surface area contributed by atoms with Gasteiger partial charge >= 0.3 is 0 Å². The van der Waals surface area contributed by atoms with E-state index in [0.717, 1.165) is 6.42 Å². The number of nitrogens with one attached hydrogen (secondary N) is 1. The Kier molecular flexibility index (Phi) is 6.84. The van der Waals surface area contributed by atoms with Crippen LogP contribution in [-0.4, -0.2) is 18.3 Å². The lowest BCUT2D eigenvalue weighted by molar-refractivity contribution is 0.252. The molecule has 1 saturated carbocycles. The van der Waals surface area contributed by atoms with Crippen molar-refractivity contribution in [3.05, 3.63) is 71.8 Å². The Hall–Kier alpha value is -1.93. The molecule has 1 aliphatic rings. The smallest absolute Gasteiger partial charge is 0.0653 e. The van der Waals surface area contributed by atoms with Crippen LogP contribution in [0.3, 0.4) is 0 Å². The third-order valence-electron chi connectivity index (χ3n) is 5.38. The maximum Gasteiger partial charge on any atom is 0.0653 e. The zero-order valence-corrected chi connectivity index (χ0v) is 17.1. The van der Waals surface area contributed by atoms with E-state index in [2.05, 4.69) is 93.0 Å². The molecule has 0 amide bonds. The van der Waals surface area contributed by atoms with Crippen molar-refractivity contribution in [3.8, 4) is 0 Å². The van der Waals surface area contributed by atoms with E-state index in [1.807, 2.05) is 0 Å². The van der Waals surface area contributed by atoms with Crippen LogP contribution in [-0.2, 0) is 0 Å². The van der Waals surface area contributed by atoms with E-state index in [1.165, 1.54) is 36.8 Å². The first-order valence-electron chi connectivity index (χ1n) is 10.4. The Morgan fingerprint density at radius 2 is 1.59 bits per heavy atom. The van der Waals surface area contributed by atoms with E-state index in [9.17, 15) is 0 Å². The highest BCUT2D eigenvalue weighted by molar-refractivity contribution is 5.79. The van der Waals surface area contributed by atoms with Crippen LogP contribution in [0.25, 0.3) is 0 Å². The largest absolute Gasteiger partial charge is 0.305 e. The predicted molar refractivity (Wildman–Crippen MR) is 116 cm³/mol. The van der Waals surface area contributed by atoms with Gasteiger partial charge in [0.05, 0.1) is 6.04 Å². The van der Waals surface area contributed by atoms with Crippen LogP contribution < -0.4 is 5.32 Å². The van der Waals surface area contributed by atoms with Crippen LogP contribution in [0.15, 0.2) is 65.7 Å². The molecule has 0 radical (unpaired) electrons. The zero-order valence-electron chi connectivity index (χ0n) is 17.1. The van der Waals surface area contributed by atoms with E-state index in [4.69, 9.17) is 4.99 Å². The topological polar surface area (TPSA) is 24.4 Å². The highest BCUT2D eigenvalue weighted by Gasteiger charge is 2.29. The summed E-state index contributed by atoms with van der Waals surface area (Å²) < 4.78 is 0. The molecule has 144 valence electrons. The van der Waals surface area contributed by atoms with Crippen molar-refractivity contribution in [2.24, 2.45) is 10.4 Å². The molecule has 2 nitrogen and oxygen atoms in total. The van der Waals surface area contributed by atoms with Gasteiger partial charge in [-0.3, -0.25) is 4.99 Å². The molecule has 0 aliphatic heterocycles. The summed E-state index contributed by atoms with van der Waals surface area (Å²) in [6.45, 7) is 6.99. The summed E-state index contributed by atoms with van der Waals surface area (Å²) in [6, 6.07) is 22.6. The summed E-state index contributed by atoms with van der Waals surface area (Å²) in [4.78, 5) is 4.99. The van der Waals surface area contributed by atoms with Gasteiger partial charge in [-0.05, 0) is 35.8 Å². The molecule has 2 aromatic carbocycles. The molecule has 3 rings (SSSR count). The highest BCUT2D eigenvalue weighted by atomic mass is 15.0. The van der Waals surface area contributed by atoms with Gasteiger partial charge in [0.2, 0.25) is 0 Å². The van der Waals surface area contributed by atoms with Gasteiger partial charge < -0.3 is 5.32 Å². The quantitative estimate of drug-likeness (QED) is 0.609. The van der Waals surface area contributed by atoms with Crippen LogP contribution in [0, 0.1) is 5.41 Å². The molecular weight excluding hydrogens is 328 g/mol. The summed E-state index contributed by atoms with van der Waals surface area (Å²) >= 11 is 0. The highest BCUT2D eigenvalue weighted by Crippen LogP contribution is 2.32. The Morgan fingerprint density at radius 1 is 0.963 bits per heavy atom. The SMILES string of the molecule is CC(C)(C)C[C@H](N[C@H]1CCCC[C@@H]1N=Cc1ccccc1)c1ccccc1. The third kappa shape index (κ3) is 6.32. The second-order valence-corrected chi connectivity index (χ2v) is 9.04. The molecule has 0 unspecified atom stereocenters. The molecule has 3 atom stereocenters. The fourth-order valence-corrected chi connectivity index (χ4v) is 4.03. The first-order chi connectivity index (χ1) is 13.0. The minimum Gasteiger partial charge on any atom is -0.305 e. The average Bonchev–Trinajstić information content (AvgIpc) is 2.67. The Balaban J connectivity index is 1.75. The first kappa shape index (κ1) is 19.8. The summed E-state index contributed by atoms with van der Waals surface area (Å²) in [5, 5.41) is 4.00. The van der Waals surface area contributed by atoms with Gasteiger partial charge in [-0.2, -0.15) is 0 Å². The summed E-state index contributed by atoms with van der Waals surface area (Å²) in [7, 11) is 0. The monoisotopic (exact) mass is 362 g/mol. The van der Waals surface area contributed by atoms with Crippen molar-refractivity contribution in [3.63, 3.8) is 0 Å². The van der Waals surface area contributed by atoms with Crippen molar-refractivity contribution in [1.82, 2.24) is 5.32 Å². The van der Waals surface area contributed by atoms with E-state index < -0.39 is 0 Å². The predicted octanol–water partition coefficient (Wildman–Crippen LogP) is 6.18. The second-order valence-electron chi connectivity index (χ2n) is 9.04. The second kappa shape index (κ2) is 9.32. The molecule has 0 heterocycles. The van der Waals surface area contributed by atoms with Crippen molar-refractivity contribution < 1.29 is 0 Å². The van der Waals surface area contributed by atoms with Crippen molar-refractivity contribution >= 4 is 6.21 Å². The number of hydrogen-bond acceptors (Lipinski definition) is 2. The lowest BCUT2D eigenvalue weighted by atomic mass is 9.83. The third-order valence-corrected chi connectivity index (χ3v) is 5.38. The molecule has 2 heteroatoms. The summed E-state index contributed by atoms with van der Waals surface area (Å²) in [5.41, 5.74) is 2.87. The Bertz CT molecular complexity index is 700. The minimum atomic E-state index is 0.283. The summed E-state index contributed by atoms with van der Waals surface area (Å²) in [6.07, 6.45) is 8.16. The van der Waals surface area contributed by atoms with Crippen molar-refractivity contribution in [1.29, 1.82) is 0 Å². The van der Waals surface area contributed by atoms with Gasteiger partial charge in [0.1, 0.15) is 0 Å². The van der Waals surface area contributed by atoms with Crippen molar-refractivity contribution in [2.75, 3.05) is 0 Å². The molecule has 1 fully saturated rings. The number of hydrogen-bond donors (Lipinski definition) is 1. The van der Waals surface area contributed by atoms with E-state index in [-0.39, 0.29) is 5.41 Å². The van der Waals surface area contributed by atoms with Crippen LogP contribution in [0.4, 0.5) is 0 Å². The lowest BCUT2D eigenvalue weighted by Crippen LogP contribution is -2.44. The number of rotatable bonds is 6. The molecule has 0 spiro atoms. The van der Waals surface area contributed by atoms with Crippen LogP contribution >= 0.6 is 0 Å². The van der Waals surface area contributed by atoms with Gasteiger partial charge in [-0.1, -0.05) is 94.3 Å². The molecular formula is C25H34N2. The minimum absolute atomic E-state index is 0.283. The average molecular weight is 363 g/mol. The molecule has 27 heavy (non-hydrogen) atoms. The number of aliphatic imine (C=N–C) groups is 1.